The SMILES string of the molecule is C.COCCC1CC(C)OC1n1cnc2c(OC)nc(N)nc21. The van der Waals surface area contributed by atoms with Crippen molar-refractivity contribution in [3.63, 3.8) is 0 Å². The Labute approximate surface area is 136 Å². The van der Waals surface area contributed by atoms with E-state index in [1.54, 1.807) is 13.4 Å². The molecule has 2 aromatic rings. The second-order valence-corrected chi connectivity index (χ2v) is 5.53. The first-order chi connectivity index (χ1) is 10.6. The van der Waals surface area contributed by atoms with Crippen LogP contribution < -0.4 is 10.5 Å². The van der Waals surface area contributed by atoms with Crippen molar-refractivity contribution >= 4 is 17.1 Å². The van der Waals surface area contributed by atoms with Gasteiger partial charge in [0, 0.05) is 19.6 Å². The molecule has 128 valence electrons. The third-order valence-electron chi connectivity index (χ3n) is 3.98. The van der Waals surface area contributed by atoms with Gasteiger partial charge < -0.3 is 19.9 Å². The normalized spacial score (nSPS) is 23.9. The summed E-state index contributed by atoms with van der Waals surface area (Å²) in [4.78, 5) is 12.7. The molecule has 0 aliphatic carbocycles. The Morgan fingerprint density at radius 1 is 1.39 bits per heavy atom. The van der Waals surface area contributed by atoms with Crippen LogP contribution in [0.25, 0.3) is 11.2 Å². The van der Waals surface area contributed by atoms with Gasteiger partial charge in [-0.1, -0.05) is 7.43 Å². The molecule has 23 heavy (non-hydrogen) atoms. The zero-order valence-electron chi connectivity index (χ0n) is 13.0. The third kappa shape index (κ3) is 3.23. The van der Waals surface area contributed by atoms with Crippen LogP contribution in [0.3, 0.4) is 0 Å². The van der Waals surface area contributed by atoms with Crippen molar-refractivity contribution < 1.29 is 14.2 Å². The van der Waals surface area contributed by atoms with E-state index in [9.17, 15) is 0 Å². The Hall–Kier alpha value is -1.93. The van der Waals surface area contributed by atoms with E-state index in [1.807, 2.05) is 4.57 Å². The molecule has 8 heteroatoms. The summed E-state index contributed by atoms with van der Waals surface area (Å²) >= 11 is 0. The lowest BCUT2D eigenvalue weighted by atomic mass is 10.00. The number of nitrogens with two attached hydrogens (primary N) is 1. The molecule has 3 heterocycles. The van der Waals surface area contributed by atoms with Crippen LogP contribution in [0.15, 0.2) is 6.33 Å². The van der Waals surface area contributed by atoms with Crippen molar-refractivity contribution in [3.8, 4) is 5.88 Å². The fourth-order valence-corrected chi connectivity index (χ4v) is 3.01. The van der Waals surface area contributed by atoms with E-state index in [1.165, 1.54) is 7.11 Å². The van der Waals surface area contributed by atoms with Crippen LogP contribution in [-0.2, 0) is 9.47 Å². The van der Waals surface area contributed by atoms with E-state index in [0.717, 1.165) is 12.8 Å². The largest absolute Gasteiger partial charge is 0.479 e. The standard InChI is InChI=1S/C14H21N5O3.CH4/c1-8-6-9(4-5-20-2)13(22-8)19-7-16-10-11(19)17-14(15)18-12(10)21-3;/h7-9,13H,4-6H2,1-3H3,(H2,15,17,18);1H4. The fourth-order valence-electron chi connectivity index (χ4n) is 3.01. The molecule has 1 aliphatic heterocycles. The average molecular weight is 323 g/mol. The second-order valence-electron chi connectivity index (χ2n) is 5.53. The Balaban J connectivity index is 0.00000192. The summed E-state index contributed by atoms with van der Waals surface area (Å²) in [7, 11) is 3.25. The number of anilines is 1. The molecule has 0 bridgehead atoms. The van der Waals surface area contributed by atoms with Gasteiger partial charge in [0.15, 0.2) is 11.2 Å². The highest BCUT2D eigenvalue weighted by atomic mass is 16.5. The highest BCUT2D eigenvalue weighted by Gasteiger charge is 2.35. The lowest BCUT2D eigenvalue weighted by Crippen LogP contribution is -2.17. The molecule has 0 aromatic carbocycles. The number of ether oxygens (including phenoxy) is 3. The molecule has 1 aliphatic rings. The lowest BCUT2D eigenvalue weighted by Gasteiger charge is -2.20. The van der Waals surface area contributed by atoms with Crippen molar-refractivity contribution in [2.75, 3.05) is 26.6 Å². The van der Waals surface area contributed by atoms with Crippen LogP contribution in [0.1, 0.15) is 33.4 Å². The first kappa shape index (κ1) is 17.4. The van der Waals surface area contributed by atoms with Gasteiger partial charge in [-0.25, -0.2) is 4.98 Å². The molecule has 0 spiro atoms. The summed E-state index contributed by atoms with van der Waals surface area (Å²) in [6.45, 7) is 2.77. The van der Waals surface area contributed by atoms with Crippen molar-refractivity contribution in [2.24, 2.45) is 5.92 Å². The highest BCUT2D eigenvalue weighted by Crippen LogP contribution is 2.38. The summed E-state index contributed by atoms with van der Waals surface area (Å²) in [5.41, 5.74) is 6.98. The van der Waals surface area contributed by atoms with Crippen LogP contribution in [0.5, 0.6) is 5.88 Å². The Morgan fingerprint density at radius 2 is 2.17 bits per heavy atom. The number of hydrogen-bond acceptors (Lipinski definition) is 7. The van der Waals surface area contributed by atoms with Gasteiger partial charge >= 0.3 is 0 Å². The van der Waals surface area contributed by atoms with E-state index in [-0.39, 0.29) is 25.7 Å². The zero-order chi connectivity index (χ0) is 15.7. The molecule has 0 saturated carbocycles. The van der Waals surface area contributed by atoms with Gasteiger partial charge in [-0.15, -0.1) is 0 Å². The fraction of sp³-hybridized carbons (Fsp3) is 0.667. The lowest BCUT2D eigenvalue weighted by molar-refractivity contribution is -0.00720. The minimum atomic E-state index is -0.130. The maximum absolute atomic E-state index is 6.06. The highest BCUT2D eigenvalue weighted by molar-refractivity contribution is 5.77. The Bertz CT molecular complexity index is 660. The van der Waals surface area contributed by atoms with Crippen molar-refractivity contribution in [3.05, 3.63) is 6.33 Å². The van der Waals surface area contributed by atoms with Crippen LogP contribution in [0.2, 0.25) is 0 Å². The smallest absolute Gasteiger partial charge is 0.246 e. The number of nitrogen functional groups attached to an aromatic ring is 1. The number of aromatic nitrogens is 4. The van der Waals surface area contributed by atoms with Gasteiger partial charge in [0.2, 0.25) is 11.8 Å². The second kappa shape index (κ2) is 7.10. The van der Waals surface area contributed by atoms with Crippen LogP contribution in [-0.4, -0.2) is 46.4 Å². The van der Waals surface area contributed by atoms with Gasteiger partial charge in [0.1, 0.15) is 6.23 Å². The number of nitrogens with zero attached hydrogens (tertiary/aromatic N) is 4. The van der Waals surface area contributed by atoms with Crippen molar-refractivity contribution in [1.82, 2.24) is 19.5 Å². The molecule has 2 N–H and O–H groups in total. The number of methoxy groups -OCH3 is 2. The number of fused-ring (bicyclic) bond motifs is 1. The molecule has 1 fully saturated rings. The molecule has 1 saturated heterocycles. The van der Waals surface area contributed by atoms with Crippen LogP contribution in [0.4, 0.5) is 5.95 Å². The summed E-state index contributed by atoms with van der Waals surface area (Å²) in [6, 6.07) is 0. The van der Waals surface area contributed by atoms with Crippen molar-refractivity contribution in [2.45, 2.75) is 39.5 Å². The molecular formula is C15H25N5O3. The summed E-state index contributed by atoms with van der Waals surface area (Å²) in [5, 5.41) is 0. The third-order valence-corrected chi connectivity index (χ3v) is 3.98. The zero-order valence-corrected chi connectivity index (χ0v) is 13.0. The molecule has 0 radical (unpaired) electrons. The van der Waals surface area contributed by atoms with Gasteiger partial charge in [-0.3, -0.25) is 4.57 Å². The first-order valence-corrected chi connectivity index (χ1v) is 7.32. The van der Waals surface area contributed by atoms with Gasteiger partial charge in [-0.2, -0.15) is 9.97 Å². The molecule has 3 unspecified atom stereocenters. The van der Waals surface area contributed by atoms with E-state index >= 15 is 0 Å². The molecule has 3 atom stereocenters. The Kier molecular flexibility index (Phi) is 5.38. The predicted octanol–water partition coefficient (Wildman–Crippen LogP) is 2.01. The Morgan fingerprint density at radius 3 is 2.87 bits per heavy atom. The molecule has 0 amide bonds. The topological polar surface area (TPSA) is 97.3 Å². The minimum Gasteiger partial charge on any atom is -0.479 e. The number of imidazole rings is 1. The summed E-state index contributed by atoms with van der Waals surface area (Å²) in [6.07, 6.45) is 3.66. The number of hydrogen-bond donors (Lipinski definition) is 1. The maximum Gasteiger partial charge on any atom is 0.246 e. The van der Waals surface area contributed by atoms with E-state index in [4.69, 9.17) is 19.9 Å². The molecule has 2 aromatic heterocycles. The van der Waals surface area contributed by atoms with Crippen LogP contribution in [0, 0.1) is 5.92 Å². The molecular weight excluding hydrogens is 298 g/mol. The minimum absolute atomic E-state index is 0. The monoisotopic (exact) mass is 323 g/mol. The van der Waals surface area contributed by atoms with Crippen LogP contribution >= 0.6 is 0 Å². The summed E-state index contributed by atoms with van der Waals surface area (Å²) in [5.74, 6) is 0.876. The van der Waals surface area contributed by atoms with Gasteiger partial charge in [0.05, 0.1) is 19.5 Å². The predicted molar refractivity (Wildman–Crippen MR) is 87.2 cm³/mol. The van der Waals surface area contributed by atoms with Gasteiger partial charge in [-0.05, 0) is 19.8 Å². The molecule has 3 rings (SSSR count). The van der Waals surface area contributed by atoms with Crippen molar-refractivity contribution in [1.29, 1.82) is 0 Å². The average Bonchev–Trinajstić information content (AvgIpc) is 3.07. The summed E-state index contributed by atoms with van der Waals surface area (Å²) < 4.78 is 18.4. The van der Waals surface area contributed by atoms with E-state index in [2.05, 4.69) is 21.9 Å². The maximum atomic E-state index is 6.06. The quantitative estimate of drug-likeness (QED) is 0.898. The number of rotatable bonds is 5. The van der Waals surface area contributed by atoms with Gasteiger partial charge in [0.25, 0.3) is 0 Å². The van der Waals surface area contributed by atoms with E-state index < -0.39 is 0 Å². The first-order valence-electron chi connectivity index (χ1n) is 7.32. The van der Waals surface area contributed by atoms with E-state index in [0.29, 0.717) is 29.6 Å². The molecule has 8 nitrogen and oxygen atoms in total.